The molecule has 1 N–H and O–H groups in total. The third-order valence-corrected chi connectivity index (χ3v) is 14.2. The number of rotatable bonds is 18. The first-order valence-corrected chi connectivity index (χ1v) is 25.8. The number of phenolic OH excluding ortho intramolecular Hbond substituents is 1. The van der Waals surface area contributed by atoms with Crippen LogP contribution < -0.4 is 23.1 Å². The van der Waals surface area contributed by atoms with Crippen LogP contribution in [0.15, 0.2) is 72.8 Å². The fourth-order valence-corrected chi connectivity index (χ4v) is 8.92. The number of alkyl halides is 3. The molecule has 0 aliphatic heterocycles. The molecule has 0 aliphatic carbocycles. The highest BCUT2D eigenvalue weighted by molar-refractivity contribution is 7.88. The van der Waals surface area contributed by atoms with E-state index in [1.807, 2.05) is 30.3 Å². The van der Waals surface area contributed by atoms with Crippen LogP contribution in [0.5, 0.6) is 34.5 Å². The van der Waals surface area contributed by atoms with Crippen LogP contribution in [-0.4, -0.2) is 70.7 Å². The van der Waals surface area contributed by atoms with E-state index >= 15 is 0 Å². The Balaban J connectivity index is 0.000000295. The van der Waals surface area contributed by atoms with Gasteiger partial charge < -0.3 is 47.2 Å². The molecule has 0 aliphatic rings. The van der Waals surface area contributed by atoms with Gasteiger partial charge in [0.2, 0.25) is 0 Å². The predicted molar refractivity (Wildman–Crippen MR) is 286 cm³/mol. The van der Waals surface area contributed by atoms with Crippen LogP contribution in [0, 0.1) is 83.1 Å². The van der Waals surface area contributed by atoms with Gasteiger partial charge in [0.25, 0.3) is 0 Å². The summed E-state index contributed by atoms with van der Waals surface area (Å²) in [5.41, 5.74) is 1.12. The minimum atomic E-state index is -6.18. The number of hydrogen-bond acceptors (Lipinski definition) is 16. The summed E-state index contributed by atoms with van der Waals surface area (Å²) in [6, 6.07) is 21.6. The van der Waals surface area contributed by atoms with Gasteiger partial charge in [0.15, 0.2) is 19.3 Å². The van der Waals surface area contributed by atoms with Crippen molar-refractivity contribution in [3.8, 4) is 34.5 Å². The van der Waals surface area contributed by atoms with E-state index in [2.05, 4.69) is 4.18 Å². The van der Waals surface area contributed by atoms with Crippen LogP contribution in [-0.2, 0) is 42.3 Å². The number of esters is 4. The van der Waals surface area contributed by atoms with Crippen molar-refractivity contribution < 1.29 is 88.0 Å². The third kappa shape index (κ3) is 14.0. The molecule has 6 rings (SSSR count). The van der Waals surface area contributed by atoms with Crippen molar-refractivity contribution in [2.75, 3.05) is 27.8 Å². The lowest BCUT2D eigenvalue weighted by Crippen LogP contribution is -2.29. The normalized spacial score (nSPS) is 11.3. The Bertz CT molecular complexity index is 3330. The predicted octanol–water partition coefficient (Wildman–Crippen LogP) is 12.1. The highest BCUT2D eigenvalue weighted by atomic mass is 32.2. The van der Waals surface area contributed by atoms with Gasteiger partial charge in [-0.15, -0.1) is 0 Å². The quantitative estimate of drug-likeness (QED) is 0.0279. The Kier molecular flexibility index (Phi) is 20.5. The van der Waals surface area contributed by atoms with Crippen LogP contribution in [0.3, 0.4) is 0 Å². The molecule has 0 unspecified atom stereocenters. The van der Waals surface area contributed by atoms with Crippen molar-refractivity contribution >= 4 is 34.0 Å². The Hall–Kier alpha value is -7.94. The summed E-state index contributed by atoms with van der Waals surface area (Å²) in [7, 11) is -3.39. The number of benzene rings is 6. The van der Waals surface area contributed by atoms with E-state index in [0.717, 1.165) is 11.1 Å². The lowest BCUT2D eigenvalue weighted by atomic mass is 9.93. The van der Waals surface area contributed by atoms with Gasteiger partial charge in [-0.1, -0.05) is 60.7 Å². The van der Waals surface area contributed by atoms with E-state index in [-0.39, 0.29) is 59.7 Å². The van der Waals surface area contributed by atoms with Crippen molar-refractivity contribution in [3.63, 3.8) is 0 Å². The molecule has 0 heterocycles. The molecule has 0 aromatic heterocycles. The Labute approximate surface area is 457 Å². The molecule has 6 aromatic rings. The Morgan fingerprint density at radius 1 is 0.468 bits per heavy atom. The molecule has 20 heteroatoms. The highest BCUT2D eigenvalue weighted by Crippen LogP contribution is 2.42. The van der Waals surface area contributed by atoms with Crippen LogP contribution in [0.1, 0.15) is 119 Å². The summed E-state index contributed by atoms with van der Waals surface area (Å²) in [5.74, 6) is -3.23. The second-order valence-corrected chi connectivity index (χ2v) is 20.0. The van der Waals surface area contributed by atoms with Gasteiger partial charge in [-0.25, -0.2) is 19.2 Å². The van der Waals surface area contributed by atoms with E-state index in [4.69, 9.17) is 37.9 Å². The number of carbonyl (C=O) groups is 4. The van der Waals surface area contributed by atoms with Gasteiger partial charge >= 0.3 is 39.5 Å². The average Bonchev–Trinajstić information content (AvgIpc) is 3.46. The summed E-state index contributed by atoms with van der Waals surface area (Å²) in [4.78, 5) is 52.0. The number of methoxy groups -OCH3 is 2. The van der Waals surface area contributed by atoms with Gasteiger partial charge in [-0.2, -0.15) is 21.6 Å². The molecule has 6 aromatic carbocycles. The highest BCUT2D eigenvalue weighted by Gasteiger charge is 2.49. The molecule has 0 atom stereocenters. The first-order valence-electron chi connectivity index (χ1n) is 24.4. The van der Waals surface area contributed by atoms with Crippen molar-refractivity contribution in [3.05, 3.63) is 173 Å². The number of carbonyl (C=O) groups excluding carboxylic acids is 4. The molecular weight excluding hydrogens is 1050 g/mol. The van der Waals surface area contributed by atoms with Crippen molar-refractivity contribution in [2.45, 2.75) is 102 Å². The standard InChI is InChI=1S/C30H31F3O9S.C29H32O7/c1-16-13-23(39-14-22-11-9-8-10-12-22)21(6)27(42-43(36,37)30(31,32)33)24(16)29(35)41-26-19(4)17(2)25(18(3)20(26)5)28(34)40-15-38-7;1-16-13-23(34-14-22-11-9-8-10-12-22)21(6)26(30)24(16)29(32)36-27-19(4)17(2)25(18(3)20(27)5)28(31)35-15-33-7/h8-13H,14-15H2,1-7H3;8-13,30H,14-15H2,1-7H3. The third-order valence-electron chi connectivity index (χ3n) is 13.3. The second kappa shape index (κ2) is 26.1. The van der Waals surface area contributed by atoms with Gasteiger partial charge in [0, 0.05) is 25.3 Å². The first-order chi connectivity index (χ1) is 37.1. The summed E-state index contributed by atoms with van der Waals surface area (Å²) >= 11 is 0. The summed E-state index contributed by atoms with van der Waals surface area (Å²) in [5, 5.41) is 10.9. The molecule has 79 heavy (non-hydrogen) atoms. The maximum absolute atomic E-state index is 13.6. The van der Waals surface area contributed by atoms with E-state index in [1.54, 1.807) is 106 Å². The number of aryl methyl sites for hydroxylation is 2. The number of aromatic hydroxyl groups is 1. The number of halogens is 3. The molecule has 0 saturated carbocycles. The van der Waals surface area contributed by atoms with E-state index in [0.29, 0.717) is 79.3 Å². The number of phenols is 1. The average molecular weight is 1120 g/mol. The van der Waals surface area contributed by atoms with E-state index in [1.165, 1.54) is 34.1 Å². The molecule has 0 spiro atoms. The zero-order chi connectivity index (χ0) is 58.8. The van der Waals surface area contributed by atoms with Crippen LogP contribution >= 0.6 is 0 Å². The lowest BCUT2D eigenvalue weighted by Gasteiger charge is -2.21. The van der Waals surface area contributed by atoms with Crippen LogP contribution in [0.25, 0.3) is 0 Å². The monoisotopic (exact) mass is 1120 g/mol. The molecule has 0 radical (unpaired) electrons. The van der Waals surface area contributed by atoms with Gasteiger partial charge in [0.05, 0.1) is 11.1 Å². The lowest BCUT2D eigenvalue weighted by molar-refractivity contribution is -0.0501. The fraction of sp³-hybridized carbons (Fsp3) is 0.322. The Morgan fingerprint density at radius 3 is 1.19 bits per heavy atom. The smallest absolute Gasteiger partial charge is 0.507 e. The van der Waals surface area contributed by atoms with E-state index in [9.17, 15) is 45.9 Å². The molecular formula is C59H63F3O16S. The van der Waals surface area contributed by atoms with Gasteiger partial charge in [-0.3, -0.25) is 0 Å². The maximum atomic E-state index is 13.6. The van der Waals surface area contributed by atoms with Gasteiger partial charge in [0.1, 0.15) is 53.1 Å². The summed E-state index contributed by atoms with van der Waals surface area (Å²) in [6.45, 7) is 19.4. The molecule has 0 amide bonds. The molecule has 16 nitrogen and oxygen atoms in total. The van der Waals surface area contributed by atoms with Crippen LogP contribution in [0.4, 0.5) is 13.2 Å². The van der Waals surface area contributed by atoms with Gasteiger partial charge in [-0.05, 0) is 162 Å². The first kappa shape index (κ1) is 61.9. The molecule has 0 saturated heterocycles. The van der Waals surface area contributed by atoms with Crippen molar-refractivity contribution in [1.29, 1.82) is 0 Å². The Morgan fingerprint density at radius 2 is 0.823 bits per heavy atom. The molecule has 0 bridgehead atoms. The van der Waals surface area contributed by atoms with Crippen LogP contribution in [0.2, 0.25) is 0 Å². The maximum Gasteiger partial charge on any atom is 0.534 e. The minimum absolute atomic E-state index is 0.00301. The topological polar surface area (TPSA) is 206 Å². The zero-order valence-corrected chi connectivity index (χ0v) is 47.2. The zero-order valence-electron chi connectivity index (χ0n) is 46.4. The number of ether oxygens (including phenoxy) is 8. The molecule has 0 fully saturated rings. The van der Waals surface area contributed by atoms with Crippen molar-refractivity contribution in [1.82, 2.24) is 0 Å². The van der Waals surface area contributed by atoms with Crippen molar-refractivity contribution in [2.24, 2.45) is 0 Å². The van der Waals surface area contributed by atoms with E-state index < -0.39 is 50.8 Å². The second-order valence-electron chi connectivity index (χ2n) is 18.5. The fourth-order valence-electron chi connectivity index (χ4n) is 8.40. The SMILES string of the molecule is COCOC(=O)c1c(C)c(C)c(OC(=O)c2c(C)cc(OCc3ccccc3)c(C)c2O)c(C)c1C.COCOC(=O)c1c(C)c(C)c(OC(=O)c2c(C)cc(OCc3ccccc3)c(C)c2OS(=O)(=O)C(F)(F)F)c(C)c1C. The minimum Gasteiger partial charge on any atom is -0.507 e. The summed E-state index contributed by atoms with van der Waals surface area (Å²) in [6.07, 6.45) is 0. The summed E-state index contributed by atoms with van der Waals surface area (Å²) < 4.78 is 112. The largest absolute Gasteiger partial charge is 0.534 e. The number of hydrogen-bond donors (Lipinski definition) is 1. The molecule has 422 valence electrons.